The van der Waals surface area contributed by atoms with E-state index in [-0.39, 0.29) is 5.56 Å². The Hall–Kier alpha value is -1.52. The van der Waals surface area contributed by atoms with E-state index in [2.05, 4.69) is 0 Å². The van der Waals surface area contributed by atoms with E-state index in [0.717, 1.165) is 6.92 Å². The molecule has 0 spiro atoms. The summed E-state index contributed by atoms with van der Waals surface area (Å²) in [5.41, 5.74) is 0.0905. The van der Waals surface area contributed by atoms with Gasteiger partial charge in [-0.05, 0) is 0 Å². The first-order valence-electron chi connectivity index (χ1n) is 4.02. The Morgan fingerprint density at radius 2 is 1.64 bits per heavy atom. The van der Waals surface area contributed by atoms with Crippen LogP contribution in [0.3, 0.4) is 0 Å². The van der Waals surface area contributed by atoms with Crippen molar-refractivity contribution in [3.05, 3.63) is 35.9 Å². The van der Waals surface area contributed by atoms with E-state index in [1.165, 1.54) is 12.1 Å². The zero-order chi connectivity index (χ0) is 10.8. The van der Waals surface area contributed by atoms with Gasteiger partial charge in [-0.2, -0.15) is 0 Å². The molecule has 1 aromatic rings. The molecule has 0 aromatic heterocycles. The summed E-state index contributed by atoms with van der Waals surface area (Å²) in [6.45, 7) is 0.945. The SMILES string of the molecule is CC(=O)C(O)(O)C(=O)c1ccccc1. The van der Waals surface area contributed by atoms with Crippen LogP contribution >= 0.6 is 0 Å². The van der Waals surface area contributed by atoms with Crippen molar-refractivity contribution in [3.63, 3.8) is 0 Å². The summed E-state index contributed by atoms with van der Waals surface area (Å²) in [5, 5.41) is 18.3. The number of carbonyl (C=O) groups is 2. The topological polar surface area (TPSA) is 74.6 Å². The van der Waals surface area contributed by atoms with Crippen LogP contribution in [0.2, 0.25) is 0 Å². The maximum Gasteiger partial charge on any atom is 0.289 e. The molecule has 2 N–H and O–H groups in total. The van der Waals surface area contributed by atoms with Crippen LogP contribution in [0.15, 0.2) is 30.3 Å². The van der Waals surface area contributed by atoms with Gasteiger partial charge < -0.3 is 10.2 Å². The summed E-state index contributed by atoms with van der Waals surface area (Å²) in [6.07, 6.45) is 0. The summed E-state index contributed by atoms with van der Waals surface area (Å²) in [5.74, 6) is -4.92. The Morgan fingerprint density at radius 1 is 1.14 bits per heavy atom. The fourth-order valence-electron chi connectivity index (χ4n) is 0.951. The highest BCUT2D eigenvalue weighted by atomic mass is 16.5. The Morgan fingerprint density at radius 3 is 2.07 bits per heavy atom. The van der Waals surface area contributed by atoms with Crippen molar-refractivity contribution in [2.24, 2.45) is 0 Å². The van der Waals surface area contributed by atoms with Gasteiger partial charge in [0.1, 0.15) is 0 Å². The Bertz CT molecular complexity index is 354. The van der Waals surface area contributed by atoms with Crippen molar-refractivity contribution in [3.8, 4) is 0 Å². The predicted molar refractivity (Wildman–Crippen MR) is 48.6 cm³/mol. The minimum Gasteiger partial charge on any atom is -0.354 e. The molecule has 14 heavy (non-hydrogen) atoms. The molecule has 0 aliphatic rings. The Balaban J connectivity index is 3.03. The van der Waals surface area contributed by atoms with E-state index in [1.54, 1.807) is 18.2 Å². The van der Waals surface area contributed by atoms with Crippen LogP contribution in [-0.2, 0) is 4.79 Å². The fraction of sp³-hybridized carbons (Fsp3) is 0.200. The highest BCUT2D eigenvalue weighted by Crippen LogP contribution is 2.11. The Kier molecular flexibility index (Phi) is 2.78. The fourth-order valence-corrected chi connectivity index (χ4v) is 0.951. The van der Waals surface area contributed by atoms with E-state index < -0.39 is 17.4 Å². The minimum absolute atomic E-state index is 0.0905. The average Bonchev–Trinajstić information content (AvgIpc) is 2.17. The molecule has 4 heteroatoms. The van der Waals surface area contributed by atoms with Crippen LogP contribution in [0, 0.1) is 0 Å². The monoisotopic (exact) mass is 194 g/mol. The van der Waals surface area contributed by atoms with Crippen molar-refractivity contribution < 1.29 is 19.8 Å². The lowest BCUT2D eigenvalue weighted by Crippen LogP contribution is -2.45. The van der Waals surface area contributed by atoms with Crippen molar-refractivity contribution >= 4 is 11.6 Å². The standard InChI is InChI=1S/C10H10O4/c1-7(11)10(13,14)9(12)8-5-3-2-4-6-8/h2-6,13-14H,1H3. The molecule has 0 aliphatic carbocycles. The molecule has 0 unspecified atom stereocenters. The van der Waals surface area contributed by atoms with E-state index in [9.17, 15) is 19.8 Å². The molecule has 0 atom stereocenters. The van der Waals surface area contributed by atoms with Gasteiger partial charge in [-0.1, -0.05) is 30.3 Å². The summed E-state index contributed by atoms with van der Waals surface area (Å²) in [6, 6.07) is 7.65. The molecular formula is C10H10O4. The lowest BCUT2D eigenvalue weighted by molar-refractivity contribution is -0.162. The van der Waals surface area contributed by atoms with Gasteiger partial charge in [-0.15, -0.1) is 0 Å². The molecule has 4 nitrogen and oxygen atoms in total. The van der Waals surface area contributed by atoms with Gasteiger partial charge >= 0.3 is 0 Å². The van der Waals surface area contributed by atoms with Gasteiger partial charge in [0.2, 0.25) is 5.78 Å². The zero-order valence-electron chi connectivity index (χ0n) is 7.60. The summed E-state index contributed by atoms with van der Waals surface area (Å²) in [7, 11) is 0. The summed E-state index contributed by atoms with van der Waals surface area (Å²) < 4.78 is 0. The molecule has 0 heterocycles. The maximum absolute atomic E-state index is 11.4. The van der Waals surface area contributed by atoms with E-state index in [1.807, 2.05) is 0 Å². The van der Waals surface area contributed by atoms with Crippen molar-refractivity contribution in [2.45, 2.75) is 12.7 Å². The smallest absolute Gasteiger partial charge is 0.289 e. The number of ketones is 2. The number of rotatable bonds is 3. The molecule has 1 aromatic carbocycles. The third kappa shape index (κ3) is 1.86. The predicted octanol–water partition coefficient (Wildman–Crippen LogP) is 0.139. The minimum atomic E-state index is -2.92. The molecule has 0 bridgehead atoms. The van der Waals surface area contributed by atoms with Crippen LogP contribution in [0.1, 0.15) is 17.3 Å². The average molecular weight is 194 g/mol. The van der Waals surface area contributed by atoms with Crippen LogP contribution in [0.25, 0.3) is 0 Å². The number of hydrogen-bond donors (Lipinski definition) is 2. The maximum atomic E-state index is 11.4. The molecule has 0 amide bonds. The summed E-state index contributed by atoms with van der Waals surface area (Å²) >= 11 is 0. The molecule has 74 valence electrons. The van der Waals surface area contributed by atoms with Gasteiger partial charge in [0.15, 0.2) is 5.78 Å². The molecule has 1 rings (SSSR count). The number of carbonyl (C=O) groups excluding carboxylic acids is 2. The molecule has 0 saturated carbocycles. The van der Waals surface area contributed by atoms with E-state index >= 15 is 0 Å². The highest BCUT2D eigenvalue weighted by Gasteiger charge is 2.39. The molecule has 0 fully saturated rings. The van der Waals surface area contributed by atoms with Gasteiger partial charge in [-0.25, -0.2) is 0 Å². The largest absolute Gasteiger partial charge is 0.354 e. The van der Waals surface area contributed by atoms with Crippen molar-refractivity contribution in [1.29, 1.82) is 0 Å². The highest BCUT2D eigenvalue weighted by molar-refractivity contribution is 6.14. The number of aliphatic hydroxyl groups is 2. The van der Waals surface area contributed by atoms with Crippen LogP contribution < -0.4 is 0 Å². The third-order valence-corrected chi connectivity index (χ3v) is 1.84. The van der Waals surface area contributed by atoms with Crippen LogP contribution in [0.5, 0.6) is 0 Å². The first kappa shape index (κ1) is 10.6. The second-order valence-electron chi connectivity index (χ2n) is 2.92. The number of hydrogen-bond acceptors (Lipinski definition) is 4. The molecule has 0 aliphatic heterocycles. The van der Waals surface area contributed by atoms with Crippen molar-refractivity contribution in [2.75, 3.05) is 0 Å². The van der Waals surface area contributed by atoms with Gasteiger partial charge in [0, 0.05) is 12.5 Å². The number of benzene rings is 1. The van der Waals surface area contributed by atoms with Crippen molar-refractivity contribution in [1.82, 2.24) is 0 Å². The molecule has 0 saturated heterocycles. The molecular weight excluding hydrogens is 184 g/mol. The summed E-state index contributed by atoms with van der Waals surface area (Å²) in [4.78, 5) is 22.1. The first-order valence-corrected chi connectivity index (χ1v) is 4.02. The van der Waals surface area contributed by atoms with Gasteiger partial charge in [0.05, 0.1) is 0 Å². The quantitative estimate of drug-likeness (QED) is 0.407. The van der Waals surface area contributed by atoms with E-state index in [0.29, 0.717) is 0 Å². The van der Waals surface area contributed by atoms with E-state index in [4.69, 9.17) is 0 Å². The lowest BCUT2D eigenvalue weighted by atomic mass is 10.0. The Labute approximate surface area is 80.8 Å². The van der Waals surface area contributed by atoms with Gasteiger partial charge in [0.25, 0.3) is 5.79 Å². The van der Waals surface area contributed by atoms with Crippen LogP contribution in [-0.4, -0.2) is 27.6 Å². The first-order chi connectivity index (χ1) is 6.46. The second-order valence-corrected chi connectivity index (χ2v) is 2.92. The normalized spacial score (nSPS) is 11.1. The second kappa shape index (κ2) is 3.69. The van der Waals surface area contributed by atoms with Crippen LogP contribution in [0.4, 0.5) is 0 Å². The lowest BCUT2D eigenvalue weighted by Gasteiger charge is -2.16. The zero-order valence-corrected chi connectivity index (χ0v) is 7.60. The molecule has 0 radical (unpaired) electrons. The number of Topliss-reactive ketones (excluding diaryl/α,β-unsaturated/α-hetero) is 2. The third-order valence-electron chi connectivity index (χ3n) is 1.84. The van der Waals surface area contributed by atoms with Gasteiger partial charge in [-0.3, -0.25) is 9.59 Å².